The maximum atomic E-state index is 9.00. The summed E-state index contributed by atoms with van der Waals surface area (Å²) in [6.45, 7) is 5.42. The minimum atomic E-state index is -0.0325. The fraction of sp³-hybridized carbons (Fsp3) is 0.167. The first-order chi connectivity index (χ1) is 6.74. The summed E-state index contributed by atoms with van der Waals surface area (Å²) in [5.41, 5.74) is 2.18. The maximum Gasteiger partial charge on any atom is 0.100 e. The molecule has 0 amide bonds. The summed E-state index contributed by atoms with van der Waals surface area (Å²) in [5.74, 6) is 0.797. The molecule has 0 aliphatic carbocycles. The van der Waals surface area contributed by atoms with Gasteiger partial charge in [-0.15, -0.1) is 0 Å². The van der Waals surface area contributed by atoms with E-state index >= 15 is 0 Å². The molecule has 1 N–H and O–H groups in total. The van der Waals surface area contributed by atoms with E-state index in [0.717, 1.165) is 17.0 Å². The zero-order valence-corrected chi connectivity index (χ0v) is 8.12. The van der Waals surface area contributed by atoms with Crippen molar-refractivity contribution in [2.45, 2.75) is 6.92 Å². The molecule has 0 atom stereocenters. The summed E-state index contributed by atoms with van der Waals surface area (Å²) in [6.07, 6.45) is 1.65. The molecule has 71 valence electrons. The van der Waals surface area contributed by atoms with Gasteiger partial charge < -0.3 is 5.11 Å². The monoisotopic (exact) mass is 186 g/mol. The Balaban J connectivity index is 3.30. The number of nitriles is 1. The molecule has 2 heteroatoms. The van der Waals surface area contributed by atoms with Gasteiger partial charge in [-0.2, -0.15) is 5.26 Å². The van der Waals surface area contributed by atoms with Crippen LogP contribution in [0.3, 0.4) is 0 Å². The normalized spacial score (nSPS) is 9.86. The van der Waals surface area contributed by atoms with Crippen molar-refractivity contribution in [3.05, 3.63) is 47.4 Å². The number of aliphatic hydroxyl groups excluding tert-OH is 1. The van der Waals surface area contributed by atoms with Gasteiger partial charge in [-0.1, -0.05) is 37.8 Å². The molecule has 0 saturated carbocycles. The Bertz CT molecular complexity index is 376. The highest BCUT2D eigenvalue weighted by Crippen LogP contribution is 2.21. The standard InChI is InChI=1S/C12H12NO/c1-3-10-5-4-6-11(9(2)8-14)12(10)7-13/h3-6,14H,1,8H2,2H3. The molecule has 1 aromatic rings. The SMILES string of the molecule is C=Cc1cccc([C](C)CO)c1C#N. The van der Waals surface area contributed by atoms with E-state index in [1.165, 1.54) is 0 Å². The fourth-order valence-corrected chi connectivity index (χ4v) is 1.31. The molecule has 0 heterocycles. The van der Waals surface area contributed by atoms with Crippen molar-refractivity contribution in [2.75, 3.05) is 6.61 Å². The van der Waals surface area contributed by atoms with Gasteiger partial charge in [0.2, 0.25) is 0 Å². The quantitative estimate of drug-likeness (QED) is 0.785. The summed E-state index contributed by atoms with van der Waals surface area (Å²) in [6, 6.07) is 7.64. The van der Waals surface area contributed by atoms with Crippen LogP contribution in [0.4, 0.5) is 0 Å². The molecule has 0 saturated heterocycles. The third-order valence-corrected chi connectivity index (χ3v) is 2.13. The van der Waals surface area contributed by atoms with Gasteiger partial charge in [0.1, 0.15) is 6.07 Å². The van der Waals surface area contributed by atoms with E-state index in [-0.39, 0.29) is 6.61 Å². The third-order valence-electron chi connectivity index (χ3n) is 2.13. The highest BCUT2D eigenvalue weighted by atomic mass is 16.3. The van der Waals surface area contributed by atoms with Crippen LogP contribution in [0.2, 0.25) is 0 Å². The van der Waals surface area contributed by atoms with E-state index in [0.29, 0.717) is 5.56 Å². The van der Waals surface area contributed by atoms with E-state index < -0.39 is 0 Å². The van der Waals surface area contributed by atoms with Gasteiger partial charge in [0, 0.05) is 5.92 Å². The van der Waals surface area contributed by atoms with Crippen LogP contribution in [-0.4, -0.2) is 11.7 Å². The molecule has 0 aliphatic rings. The average molecular weight is 186 g/mol. The number of nitrogens with zero attached hydrogens (tertiary/aromatic N) is 1. The van der Waals surface area contributed by atoms with E-state index in [1.807, 2.05) is 25.1 Å². The second kappa shape index (κ2) is 4.59. The second-order valence-electron chi connectivity index (χ2n) is 3.02. The summed E-state index contributed by atoms with van der Waals surface area (Å²) < 4.78 is 0. The number of hydrogen-bond donors (Lipinski definition) is 1. The van der Waals surface area contributed by atoms with Crippen molar-refractivity contribution in [1.29, 1.82) is 5.26 Å². The van der Waals surface area contributed by atoms with E-state index in [9.17, 15) is 0 Å². The number of aliphatic hydroxyl groups is 1. The Hall–Kier alpha value is -1.59. The first kappa shape index (κ1) is 10.5. The second-order valence-corrected chi connectivity index (χ2v) is 3.02. The van der Waals surface area contributed by atoms with Crippen molar-refractivity contribution in [3.63, 3.8) is 0 Å². The van der Waals surface area contributed by atoms with Gasteiger partial charge in [-0.05, 0) is 11.1 Å². The molecular formula is C12H12NO. The van der Waals surface area contributed by atoms with Crippen LogP contribution in [0, 0.1) is 17.2 Å². The Labute approximate surface area is 84.1 Å². The molecule has 2 nitrogen and oxygen atoms in total. The van der Waals surface area contributed by atoms with E-state index in [4.69, 9.17) is 10.4 Å². The largest absolute Gasteiger partial charge is 0.395 e. The van der Waals surface area contributed by atoms with Gasteiger partial charge in [0.15, 0.2) is 0 Å². The van der Waals surface area contributed by atoms with Crippen molar-refractivity contribution in [2.24, 2.45) is 0 Å². The minimum absolute atomic E-state index is 0.0325. The molecule has 14 heavy (non-hydrogen) atoms. The lowest BCUT2D eigenvalue weighted by Gasteiger charge is -2.11. The van der Waals surface area contributed by atoms with Crippen molar-refractivity contribution >= 4 is 6.08 Å². The summed E-state index contributed by atoms with van der Waals surface area (Å²) >= 11 is 0. The van der Waals surface area contributed by atoms with E-state index in [1.54, 1.807) is 6.08 Å². The highest BCUT2D eigenvalue weighted by molar-refractivity contribution is 5.61. The zero-order valence-electron chi connectivity index (χ0n) is 8.12. The van der Waals surface area contributed by atoms with Gasteiger partial charge >= 0.3 is 0 Å². The lowest BCUT2D eigenvalue weighted by atomic mass is 9.93. The Kier molecular flexibility index (Phi) is 3.44. The van der Waals surface area contributed by atoms with Crippen molar-refractivity contribution in [3.8, 4) is 6.07 Å². The predicted molar refractivity (Wildman–Crippen MR) is 56.4 cm³/mol. The summed E-state index contributed by atoms with van der Waals surface area (Å²) in [7, 11) is 0. The summed E-state index contributed by atoms with van der Waals surface area (Å²) in [5, 5.41) is 18.0. The van der Waals surface area contributed by atoms with Crippen LogP contribution in [0.25, 0.3) is 6.08 Å². The van der Waals surface area contributed by atoms with Gasteiger partial charge in [-0.3, -0.25) is 0 Å². The Morgan fingerprint density at radius 1 is 1.64 bits per heavy atom. The molecule has 1 radical (unpaired) electrons. The number of benzene rings is 1. The van der Waals surface area contributed by atoms with Gasteiger partial charge in [0.25, 0.3) is 0 Å². The van der Waals surface area contributed by atoms with Crippen molar-refractivity contribution in [1.82, 2.24) is 0 Å². The van der Waals surface area contributed by atoms with Crippen LogP contribution in [0.1, 0.15) is 23.6 Å². The van der Waals surface area contributed by atoms with Crippen molar-refractivity contribution < 1.29 is 5.11 Å². The molecule has 0 spiro atoms. The molecule has 0 unspecified atom stereocenters. The number of rotatable bonds is 3. The Morgan fingerprint density at radius 2 is 2.36 bits per heavy atom. The first-order valence-electron chi connectivity index (χ1n) is 4.33. The van der Waals surface area contributed by atoms with Crippen LogP contribution in [0.5, 0.6) is 0 Å². The lowest BCUT2D eigenvalue weighted by molar-refractivity contribution is 0.315. The maximum absolute atomic E-state index is 9.00. The lowest BCUT2D eigenvalue weighted by Crippen LogP contribution is -2.03. The third kappa shape index (κ3) is 1.84. The Morgan fingerprint density at radius 3 is 2.86 bits per heavy atom. The molecule has 0 aromatic heterocycles. The minimum Gasteiger partial charge on any atom is -0.395 e. The fourth-order valence-electron chi connectivity index (χ4n) is 1.31. The topological polar surface area (TPSA) is 44.0 Å². The predicted octanol–water partition coefficient (Wildman–Crippen LogP) is 2.14. The number of hydrogen-bond acceptors (Lipinski definition) is 2. The molecule has 0 aliphatic heterocycles. The van der Waals surface area contributed by atoms with Crippen LogP contribution in [0.15, 0.2) is 24.8 Å². The highest BCUT2D eigenvalue weighted by Gasteiger charge is 2.11. The first-order valence-corrected chi connectivity index (χ1v) is 4.33. The molecule has 1 aromatic carbocycles. The molecular weight excluding hydrogens is 174 g/mol. The molecule has 0 fully saturated rings. The van der Waals surface area contributed by atoms with Crippen LogP contribution in [-0.2, 0) is 0 Å². The van der Waals surface area contributed by atoms with Crippen LogP contribution >= 0.6 is 0 Å². The van der Waals surface area contributed by atoms with Gasteiger partial charge in [-0.25, -0.2) is 0 Å². The van der Waals surface area contributed by atoms with Crippen LogP contribution < -0.4 is 0 Å². The molecule has 1 rings (SSSR count). The smallest absolute Gasteiger partial charge is 0.100 e. The summed E-state index contributed by atoms with van der Waals surface area (Å²) in [4.78, 5) is 0. The zero-order chi connectivity index (χ0) is 10.6. The average Bonchev–Trinajstić information content (AvgIpc) is 2.26. The molecule has 0 bridgehead atoms. The van der Waals surface area contributed by atoms with Gasteiger partial charge in [0.05, 0.1) is 12.2 Å². The van der Waals surface area contributed by atoms with E-state index in [2.05, 4.69) is 12.6 Å².